The van der Waals surface area contributed by atoms with E-state index >= 15 is 0 Å². The molecule has 50 heavy (non-hydrogen) atoms. The van der Waals surface area contributed by atoms with Crippen molar-refractivity contribution < 1.29 is 0 Å². The molecule has 0 unspecified atom stereocenters. The van der Waals surface area contributed by atoms with Crippen molar-refractivity contribution in [1.82, 2.24) is 9.55 Å². The van der Waals surface area contributed by atoms with E-state index in [-0.39, 0.29) is 0 Å². The molecule has 0 bridgehead atoms. The molecule has 0 spiro atoms. The number of hydrogen-bond acceptors (Lipinski definition) is 2. The first-order valence-electron chi connectivity index (χ1n) is 17.0. The van der Waals surface area contributed by atoms with Gasteiger partial charge in [-0.3, -0.25) is 0 Å². The average Bonchev–Trinajstić information content (AvgIpc) is 3.73. The minimum absolute atomic E-state index is 0.963. The minimum atomic E-state index is 0.963. The van der Waals surface area contributed by atoms with Gasteiger partial charge in [-0.25, -0.2) is 4.98 Å². The van der Waals surface area contributed by atoms with E-state index in [9.17, 15) is 0 Å². The van der Waals surface area contributed by atoms with Crippen molar-refractivity contribution >= 4 is 53.3 Å². The van der Waals surface area contributed by atoms with Crippen molar-refractivity contribution in [2.75, 3.05) is 0 Å². The van der Waals surface area contributed by atoms with Crippen molar-refractivity contribution in [3.8, 4) is 50.5 Å². The van der Waals surface area contributed by atoms with Crippen molar-refractivity contribution in [2.24, 2.45) is 0 Å². The predicted octanol–water partition coefficient (Wildman–Crippen LogP) is 13.2. The van der Waals surface area contributed by atoms with Crippen LogP contribution in [0.25, 0.3) is 92.4 Å². The summed E-state index contributed by atoms with van der Waals surface area (Å²) in [4.78, 5) is 5.14. The molecule has 0 saturated heterocycles. The summed E-state index contributed by atoms with van der Waals surface area (Å²) in [5, 5.41) is 5.08. The number of rotatable bonds is 5. The Balaban J connectivity index is 1.24. The third-order valence-corrected chi connectivity index (χ3v) is 10.9. The summed E-state index contributed by atoms with van der Waals surface area (Å²) >= 11 is 1.86. The van der Waals surface area contributed by atoms with Gasteiger partial charge in [0.2, 0.25) is 0 Å². The van der Waals surface area contributed by atoms with Crippen LogP contribution in [-0.2, 0) is 0 Å². The summed E-state index contributed by atoms with van der Waals surface area (Å²) in [6.45, 7) is 0. The highest BCUT2D eigenvalue weighted by Crippen LogP contribution is 2.40. The van der Waals surface area contributed by atoms with Gasteiger partial charge >= 0.3 is 0 Å². The van der Waals surface area contributed by atoms with E-state index in [1.807, 2.05) is 11.3 Å². The molecular formula is C47H30N2S. The molecule has 7 aromatic carbocycles. The molecule has 234 valence electrons. The van der Waals surface area contributed by atoms with Crippen LogP contribution in [0.2, 0.25) is 0 Å². The zero-order valence-electron chi connectivity index (χ0n) is 27.1. The molecule has 0 fully saturated rings. The number of fused-ring (bicyclic) bond motifs is 6. The van der Waals surface area contributed by atoms with Gasteiger partial charge in [-0.05, 0) is 70.8 Å². The van der Waals surface area contributed by atoms with E-state index in [1.54, 1.807) is 0 Å². The molecule has 3 heteroatoms. The highest BCUT2D eigenvalue weighted by Gasteiger charge is 2.17. The zero-order valence-corrected chi connectivity index (χ0v) is 27.9. The van der Waals surface area contributed by atoms with Crippen LogP contribution in [0.15, 0.2) is 182 Å². The lowest BCUT2D eigenvalue weighted by molar-refractivity contribution is 1.19. The van der Waals surface area contributed by atoms with Crippen LogP contribution in [0, 0.1) is 0 Å². The second-order valence-electron chi connectivity index (χ2n) is 12.8. The average molecular weight is 655 g/mol. The van der Waals surface area contributed by atoms with Gasteiger partial charge in [-0.15, -0.1) is 11.3 Å². The first kappa shape index (κ1) is 28.7. The Labute approximate surface area is 294 Å². The van der Waals surface area contributed by atoms with Gasteiger partial charge in [0.05, 0.1) is 22.4 Å². The summed E-state index contributed by atoms with van der Waals surface area (Å²) in [6, 6.07) is 65.6. The standard InChI is InChI=1S/C47H30N2S/c1-4-12-31(13-5-1)34-20-23-38-39-24-21-35(36-26-42(32-14-6-2-7-15-32)48-43(27-36)33-16-8-3-9-17-33)29-45(39)49(44(38)28-34)37-22-25-47-41(30-37)40-18-10-11-19-46(40)50-47/h1-30H. The van der Waals surface area contributed by atoms with Crippen molar-refractivity contribution in [3.63, 3.8) is 0 Å². The maximum atomic E-state index is 5.14. The van der Waals surface area contributed by atoms with E-state index in [0.717, 1.165) is 39.3 Å². The Morgan fingerprint density at radius 2 is 0.860 bits per heavy atom. The number of thiophene rings is 1. The van der Waals surface area contributed by atoms with Gasteiger partial charge in [0.15, 0.2) is 0 Å². The molecular weight excluding hydrogens is 625 g/mol. The zero-order chi connectivity index (χ0) is 33.0. The predicted molar refractivity (Wildman–Crippen MR) is 213 cm³/mol. The quantitative estimate of drug-likeness (QED) is 0.181. The number of pyridine rings is 1. The fourth-order valence-electron chi connectivity index (χ4n) is 7.35. The van der Waals surface area contributed by atoms with Gasteiger partial charge in [-0.1, -0.05) is 133 Å². The molecule has 0 aliphatic heterocycles. The van der Waals surface area contributed by atoms with Crippen LogP contribution in [0.4, 0.5) is 0 Å². The summed E-state index contributed by atoms with van der Waals surface area (Å²) in [6.07, 6.45) is 0. The first-order valence-corrected chi connectivity index (χ1v) is 17.8. The van der Waals surface area contributed by atoms with E-state index in [4.69, 9.17) is 4.98 Å². The lowest BCUT2D eigenvalue weighted by atomic mass is 9.98. The van der Waals surface area contributed by atoms with Crippen LogP contribution < -0.4 is 0 Å². The van der Waals surface area contributed by atoms with E-state index < -0.39 is 0 Å². The summed E-state index contributed by atoms with van der Waals surface area (Å²) in [5.74, 6) is 0. The van der Waals surface area contributed by atoms with Gasteiger partial charge < -0.3 is 4.57 Å². The maximum Gasteiger partial charge on any atom is 0.0715 e. The van der Waals surface area contributed by atoms with Gasteiger partial charge in [0, 0.05) is 47.8 Å². The molecule has 0 radical (unpaired) electrons. The van der Waals surface area contributed by atoms with Crippen LogP contribution >= 0.6 is 11.3 Å². The number of aromatic nitrogens is 2. The number of nitrogens with zero attached hydrogens (tertiary/aromatic N) is 2. The Bertz CT molecular complexity index is 2790. The molecule has 0 aliphatic carbocycles. The molecule has 0 atom stereocenters. The number of hydrogen-bond donors (Lipinski definition) is 0. The first-order chi connectivity index (χ1) is 24.8. The van der Waals surface area contributed by atoms with Crippen LogP contribution in [0.3, 0.4) is 0 Å². The Kier molecular flexibility index (Phi) is 6.71. The third kappa shape index (κ3) is 4.82. The second kappa shape index (κ2) is 11.7. The van der Waals surface area contributed by atoms with E-state index in [2.05, 4.69) is 187 Å². The van der Waals surface area contributed by atoms with Gasteiger partial charge in [0.1, 0.15) is 0 Å². The van der Waals surface area contributed by atoms with Gasteiger partial charge in [-0.2, -0.15) is 0 Å². The Hall–Kier alpha value is -6.29. The molecule has 10 aromatic rings. The highest BCUT2D eigenvalue weighted by molar-refractivity contribution is 7.25. The third-order valence-electron chi connectivity index (χ3n) is 9.79. The van der Waals surface area contributed by atoms with E-state index in [1.165, 1.54) is 53.1 Å². The molecule has 0 N–H and O–H groups in total. The molecule has 0 saturated carbocycles. The Morgan fingerprint density at radius 1 is 0.340 bits per heavy atom. The van der Waals surface area contributed by atoms with Gasteiger partial charge in [0.25, 0.3) is 0 Å². The fraction of sp³-hybridized carbons (Fsp3) is 0. The highest BCUT2D eigenvalue weighted by atomic mass is 32.1. The second-order valence-corrected chi connectivity index (χ2v) is 13.9. The summed E-state index contributed by atoms with van der Waals surface area (Å²) < 4.78 is 5.08. The Morgan fingerprint density at radius 3 is 1.48 bits per heavy atom. The fourth-order valence-corrected chi connectivity index (χ4v) is 8.44. The molecule has 10 rings (SSSR count). The number of benzene rings is 7. The largest absolute Gasteiger partial charge is 0.309 e. The van der Waals surface area contributed by atoms with E-state index in [0.29, 0.717) is 0 Å². The van der Waals surface area contributed by atoms with Crippen LogP contribution in [0.1, 0.15) is 0 Å². The summed E-state index contributed by atoms with van der Waals surface area (Å²) in [5.41, 5.74) is 12.4. The molecule has 2 nitrogen and oxygen atoms in total. The topological polar surface area (TPSA) is 17.8 Å². The molecule has 3 heterocycles. The molecule has 0 aliphatic rings. The minimum Gasteiger partial charge on any atom is -0.309 e. The lowest BCUT2D eigenvalue weighted by Crippen LogP contribution is -1.95. The normalized spacial score (nSPS) is 11.6. The van der Waals surface area contributed by atoms with Crippen LogP contribution in [0.5, 0.6) is 0 Å². The van der Waals surface area contributed by atoms with Crippen molar-refractivity contribution in [1.29, 1.82) is 0 Å². The summed E-state index contributed by atoms with van der Waals surface area (Å²) in [7, 11) is 0. The van der Waals surface area contributed by atoms with Crippen LogP contribution in [-0.4, -0.2) is 9.55 Å². The van der Waals surface area contributed by atoms with Crippen molar-refractivity contribution in [3.05, 3.63) is 182 Å². The molecule has 3 aromatic heterocycles. The maximum absolute atomic E-state index is 5.14. The smallest absolute Gasteiger partial charge is 0.0715 e. The van der Waals surface area contributed by atoms with Crippen molar-refractivity contribution in [2.45, 2.75) is 0 Å². The lowest BCUT2D eigenvalue weighted by Gasteiger charge is -2.12. The monoisotopic (exact) mass is 654 g/mol. The molecule has 0 amide bonds. The SMILES string of the molecule is c1ccc(-c2ccc3c4ccc(-c5cc(-c6ccccc6)nc(-c6ccccc6)c5)cc4n(-c4ccc5sc6ccccc6c5c4)c3c2)cc1.